The van der Waals surface area contributed by atoms with E-state index in [1.807, 2.05) is 35.0 Å². The molecule has 4 nitrogen and oxygen atoms in total. The first-order valence-corrected chi connectivity index (χ1v) is 8.07. The number of benzene rings is 1. The van der Waals surface area contributed by atoms with Crippen LogP contribution in [0.1, 0.15) is 32.1 Å². The number of nitrogens with one attached hydrogen (secondary N) is 1. The first-order chi connectivity index (χ1) is 10.9. The van der Waals surface area contributed by atoms with Gasteiger partial charge < -0.3 is 5.32 Å². The minimum Gasteiger partial charge on any atom is -0.367 e. The van der Waals surface area contributed by atoms with Gasteiger partial charge in [0, 0.05) is 23.7 Å². The van der Waals surface area contributed by atoms with E-state index in [9.17, 15) is 0 Å². The SMILES string of the molecule is c1ccc(-c2cc(NC3CCCCC3)n3nccc3n2)cc1. The van der Waals surface area contributed by atoms with Crippen molar-refractivity contribution in [3.05, 3.63) is 48.7 Å². The summed E-state index contributed by atoms with van der Waals surface area (Å²) in [6.45, 7) is 0. The van der Waals surface area contributed by atoms with E-state index in [4.69, 9.17) is 4.98 Å². The van der Waals surface area contributed by atoms with Crippen molar-refractivity contribution in [1.82, 2.24) is 14.6 Å². The Kier molecular flexibility index (Phi) is 3.51. The number of nitrogens with zero attached hydrogens (tertiary/aromatic N) is 3. The van der Waals surface area contributed by atoms with Crippen molar-refractivity contribution in [1.29, 1.82) is 0 Å². The van der Waals surface area contributed by atoms with E-state index in [-0.39, 0.29) is 0 Å². The van der Waals surface area contributed by atoms with E-state index in [1.165, 1.54) is 32.1 Å². The van der Waals surface area contributed by atoms with Gasteiger partial charge >= 0.3 is 0 Å². The molecular formula is C18H20N4. The van der Waals surface area contributed by atoms with E-state index in [0.29, 0.717) is 6.04 Å². The maximum Gasteiger partial charge on any atom is 0.157 e. The highest BCUT2D eigenvalue weighted by Crippen LogP contribution is 2.25. The van der Waals surface area contributed by atoms with Gasteiger partial charge in [0.25, 0.3) is 0 Å². The molecule has 1 aromatic carbocycles. The molecule has 112 valence electrons. The van der Waals surface area contributed by atoms with Crippen LogP contribution in [0.4, 0.5) is 5.82 Å². The quantitative estimate of drug-likeness (QED) is 0.789. The van der Waals surface area contributed by atoms with E-state index >= 15 is 0 Å². The predicted molar refractivity (Wildman–Crippen MR) is 88.9 cm³/mol. The molecule has 0 amide bonds. The van der Waals surface area contributed by atoms with Crippen LogP contribution in [-0.4, -0.2) is 20.6 Å². The van der Waals surface area contributed by atoms with Crippen molar-refractivity contribution in [3.8, 4) is 11.3 Å². The molecule has 4 heteroatoms. The molecule has 0 spiro atoms. The Bertz CT molecular complexity index is 757. The summed E-state index contributed by atoms with van der Waals surface area (Å²) < 4.78 is 1.90. The second kappa shape index (κ2) is 5.79. The lowest BCUT2D eigenvalue weighted by atomic mass is 9.95. The van der Waals surface area contributed by atoms with Crippen LogP contribution in [0.15, 0.2) is 48.7 Å². The molecule has 0 unspecified atom stereocenters. The summed E-state index contributed by atoms with van der Waals surface area (Å²) in [4.78, 5) is 4.72. The highest BCUT2D eigenvalue weighted by atomic mass is 15.3. The van der Waals surface area contributed by atoms with Crippen LogP contribution in [0, 0.1) is 0 Å². The standard InChI is InChI=1S/C18H20N4/c1-3-7-14(8-4-1)16-13-18(20-15-9-5-2-6-10-15)22-17(21-16)11-12-19-22/h1,3-4,7-8,11-13,15,20H,2,5-6,9-10H2. The number of aromatic nitrogens is 3. The molecule has 1 fully saturated rings. The summed E-state index contributed by atoms with van der Waals surface area (Å²) in [5, 5.41) is 8.09. The molecule has 4 rings (SSSR count). The maximum absolute atomic E-state index is 4.72. The van der Waals surface area contributed by atoms with E-state index in [2.05, 4.69) is 28.6 Å². The molecule has 0 aliphatic heterocycles. The minimum absolute atomic E-state index is 0.548. The summed E-state index contributed by atoms with van der Waals surface area (Å²) >= 11 is 0. The molecule has 3 aromatic rings. The third-order valence-corrected chi connectivity index (χ3v) is 4.39. The van der Waals surface area contributed by atoms with E-state index in [1.54, 1.807) is 0 Å². The Morgan fingerprint density at radius 3 is 2.64 bits per heavy atom. The van der Waals surface area contributed by atoms with Crippen LogP contribution in [0.2, 0.25) is 0 Å². The first-order valence-electron chi connectivity index (χ1n) is 8.07. The zero-order valence-electron chi connectivity index (χ0n) is 12.6. The molecular weight excluding hydrogens is 272 g/mol. The molecule has 2 heterocycles. The molecule has 0 radical (unpaired) electrons. The average molecular weight is 292 g/mol. The largest absolute Gasteiger partial charge is 0.367 e. The van der Waals surface area contributed by atoms with Crippen molar-refractivity contribution in [3.63, 3.8) is 0 Å². The average Bonchev–Trinajstić information content (AvgIpc) is 3.05. The summed E-state index contributed by atoms with van der Waals surface area (Å²) in [5.74, 6) is 1.04. The lowest BCUT2D eigenvalue weighted by Gasteiger charge is -2.24. The van der Waals surface area contributed by atoms with Gasteiger partial charge in [-0.15, -0.1) is 0 Å². The molecule has 1 N–H and O–H groups in total. The van der Waals surface area contributed by atoms with Crippen molar-refractivity contribution in [2.24, 2.45) is 0 Å². The molecule has 0 atom stereocenters. The van der Waals surface area contributed by atoms with Gasteiger partial charge in [0.2, 0.25) is 0 Å². The summed E-state index contributed by atoms with van der Waals surface area (Å²) in [5.41, 5.74) is 3.02. The van der Waals surface area contributed by atoms with Gasteiger partial charge in [-0.1, -0.05) is 49.6 Å². The molecule has 0 bridgehead atoms. The Balaban J connectivity index is 1.74. The van der Waals surface area contributed by atoms with Gasteiger partial charge in [0.15, 0.2) is 5.65 Å². The summed E-state index contributed by atoms with van der Waals surface area (Å²) in [7, 11) is 0. The predicted octanol–water partition coefficient (Wildman–Crippen LogP) is 4.14. The first kappa shape index (κ1) is 13.3. The normalized spacial score (nSPS) is 16.0. The third-order valence-electron chi connectivity index (χ3n) is 4.39. The highest BCUT2D eigenvalue weighted by Gasteiger charge is 2.15. The second-order valence-electron chi connectivity index (χ2n) is 5.97. The number of rotatable bonds is 3. The molecule has 0 saturated heterocycles. The van der Waals surface area contributed by atoms with Crippen LogP contribution >= 0.6 is 0 Å². The molecule has 1 saturated carbocycles. The summed E-state index contributed by atoms with van der Waals surface area (Å²) in [6, 6.07) is 14.9. The molecule has 22 heavy (non-hydrogen) atoms. The van der Waals surface area contributed by atoms with Gasteiger partial charge in [0.05, 0.1) is 11.9 Å². The third kappa shape index (κ3) is 2.56. The van der Waals surface area contributed by atoms with E-state index < -0.39 is 0 Å². The van der Waals surface area contributed by atoms with Crippen molar-refractivity contribution < 1.29 is 0 Å². The van der Waals surface area contributed by atoms with Gasteiger partial charge in [-0.2, -0.15) is 9.61 Å². The van der Waals surface area contributed by atoms with Crippen LogP contribution < -0.4 is 5.32 Å². The smallest absolute Gasteiger partial charge is 0.157 e. The van der Waals surface area contributed by atoms with Gasteiger partial charge in [-0.05, 0) is 12.8 Å². The zero-order valence-corrected chi connectivity index (χ0v) is 12.6. The van der Waals surface area contributed by atoms with Crippen molar-refractivity contribution in [2.75, 3.05) is 5.32 Å². The fourth-order valence-electron chi connectivity index (χ4n) is 3.23. The highest BCUT2D eigenvalue weighted by molar-refractivity contribution is 5.66. The van der Waals surface area contributed by atoms with Crippen molar-refractivity contribution >= 4 is 11.5 Å². The Hall–Kier alpha value is -2.36. The van der Waals surface area contributed by atoms with Crippen LogP contribution in [0.5, 0.6) is 0 Å². The fourth-order valence-corrected chi connectivity index (χ4v) is 3.23. The second-order valence-corrected chi connectivity index (χ2v) is 5.97. The van der Waals surface area contributed by atoms with Gasteiger partial charge in [-0.25, -0.2) is 4.98 Å². The number of anilines is 1. The topological polar surface area (TPSA) is 42.2 Å². The Morgan fingerprint density at radius 1 is 1.00 bits per heavy atom. The monoisotopic (exact) mass is 292 g/mol. The molecule has 1 aliphatic rings. The van der Waals surface area contributed by atoms with Crippen LogP contribution in [0.3, 0.4) is 0 Å². The van der Waals surface area contributed by atoms with Gasteiger partial charge in [0.1, 0.15) is 5.82 Å². The molecule has 2 aromatic heterocycles. The fraction of sp³-hybridized carbons (Fsp3) is 0.333. The Morgan fingerprint density at radius 2 is 1.82 bits per heavy atom. The molecule has 1 aliphatic carbocycles. The lowest BCUT2D eigenvalue weighted by molar-refractivity contribution is 0.461. The van der Waals surface area contributed by atoms with E-state index in [0.717, 1.165) is 22.7 Å². The van der Waals surface area contributed by atoms with Crippen LogP contribution in [-0.2, 0) is 0 Å². The van der Waals surface area contributed by atoms with Gasteiger partial charge in [-0.3, -0.25) is 0 Å². The maximum atomic E-state index is 4.72. The zero-order chi connectivity index (χ0) is 14.8. The Labute approximate surface area is 130 Å². The minimum atomic E-state index is 0.548. The van der Waals surface area contributed by atoms with Crippen molar-refractivity contribution in [2.45, 2.75) is 38.1 Å². The number of hydrogen-bond acceptors (Lipinski definition) is 3. The number of fused-ring (bicyclic) bond motifs is 1. The lowest BCUT2D eigenvalue weighted by Crippen LogP contribution is -2.23. The summed E-state index contributed by atoms with van der Waals surface area (Å²) in [6.07, 6.45) is 8.29. The van der Waals surface area contributed by atoms with Crippen LogP contribution in [0.25, 0.3) is 16.9 Å². The number of hydrogen-bond donors (Lipinski definition) is 1.